The van der Waals surface area contributed by atoms with Crippen molar-refractivity contribution in [3.8, 4) is 0 Å². The van der Waals surface area contributed by atoms with Gasteiger partial charge in [0.2, 0.25) is 0 Å². The summed E-state index contributed by atoms with van der Waals surface area (Å²) in [5.74, 6) is 3.62. The van der Waals surface area contributed by atoms with E-state index in [-0.39, 0.29) is 6.03 Å². The Bertz CT molecular complexity index is 481. The number of rotatable bonds is 1. The molecule has 0 saturated heterocycles. The summed E-state index contributed by atoms with van der Waals surface area (Å²) in [4.78, 5) is 12.2. The molecule has 4 fully saturated rings. The summed E-state index contributed by atoms with van der Waals surface area (Å²) in [6.07, 6.45) is 8.28. The molecule has 1 aromatic heterocycles. The Morgan fingerprint density at radius 2 is 1.84 bits per heavy atom. The molecule has 1 amide bonds. The largest absolute Gasteiger partial charge is 0.382 e. The molecule has 4 saturated carbocycles. The van der Waals surface area contributed by atoms with E-state index < -0.39 is 0 Å². The van der Waals surface area contributed by atoms with Crippen molar-refractivity contribution in [2.24, 2.45) is 23.7 Å². The van der Waals surface area contributed by atoms with Crippen LogP contribution in [0.25, 0.3) is 0 Å². The lowest BCUT2D eigenvalue weighted by molar-refractivity contribution is -0.00946. The van der Waals surface area contributed by atoms with Gasteiger partial charge in [0.05, 0.1) is 0 Å². The zero-order chi connectivity index (χ0) is 13.0. The first-order valence-electron chi connectivity index (χ1n) is 7.31. The SMILES string of the molecule is Nc1ccn(C(=O)NC2C3CC4CC(C3)CC2C4)n1. The number of amides is 1. The predicted octanol–water partition coefficient (Wildman–Crippen LogP) is 1.85. The van der Waals surface area contributed by atoms with Crippen molar-refractivity contribution in [2.75, 3.05) is 5.73 Å². The van der Waals surface area contributed by atoms with Crippen LogP contribution in [0, 0.1) is 23.7 Å². The number of anilines is 1. The Balaban J connectivity index is 1.49. The summed E-state index contributed by atoms with van der Waals surface area (Å²) in [7, 11) is 0. The fourth-order valence-electron chi connectivity index (χ4n) is 4.82. The van der Waals surface area contributed by atoms with Gasteiger partial charge >= 0.3 is 6.03 Å². The molecule has 102 valence electrons. The maximum absolute atomic E-state index is 12.2. The van der Waals surface area contributed by atoms with Crippen molar-refractivity contribution in [2.45, 2.75) is 38.1 Å². The third-order valence-corrected chi connectivity index (χ3v) is 5.33. The Morgan fingerprint density at radius 3 is 2.37 bits per heavy atom. The lowest BCUT2D eigenvalue weighted by atomic mass is 9.54. The van der Waals surface area contributed by atoms with Crippen LogP contribution in [0.3, 0.4) is 0 Å². The second kappa shape index (κ2) is 3.99. The van der Waals surface area contributed by atoms with Crippen molar-refractivity contribution in [1.82, 2.24) is 15.1 Å². The van der Waals surface area contributed by atoms with Gasteiger partial charge in [-0.15, -0.1) is 5.10 Å². The minimum absolute atomic E-state index is 0.130. The fraction of sp³-hybridized carbons (Fsp3) is 0.714. The first-order chi connectivity index (χ1) is 9.19. The molecule has 1 heterocycles. The van der Waals surface area contributed by atoms with Gasteiger partial charge < -0.3 is 11.1 Å². The van der Waals surface area contributed by atoms with Gasteiger partial charge in [-0.05, 0) is 55.8 Å². The Morgan fingerprint density at radius 1 is 1.21 bits per heavy atom. The predicted molar refractivity (Wildman–Crippen MR) is 71.4 cm³/mol. The number of aromatic nitrogens is 2. The van der Waals surface area contributed by atoms with Crippen LogP contribution in [0.15, 0.2) is 12.3 Å². The first-order valence-corrected chi connectivity index (χ1v) is 7.31. The molecule has 0 aliphatic heterocycles. The van der Waals surface area contributed by atoms with Gasteiger partial charge in [0, 0.05) is 18.3 Å². The fourth-order valence-corrected chi connectivity index (χ4v) is 4.82. The number of carbonyl (C=O) groups is 1. The van der Waals surface area contributed by atoms with Gasteiger partial charge in [-0.25, -0.2) is 4.79 Å². The summed E-state index contributed by atoms with van der Waals surface area (Å²) in [5.41, 5.74) is 5.55. The molecule has 5 heteroatoms. The smallest absolute Gasteiger partial charge is 0.342 e. The molecule has 5 rings (SSSR count). The van der Waals surface area contributed by atoms with E-state index in [1.165, 1.54) is 36.8 Å². The standard InChI is InChI=1S/C14H20N4O/c15-12-1-2-18(17-12)14(19)16-13-10-4-8-3-9(6-10)7-11(13)5-8/h1-2,8-11,13H,3-7H2,(H2,15,17)(H,16,19). The van der Waals surface area contributed by atoms with E-state index in [2.05, 4.69) is 10.4 Å². The summed E-state index contributed by atoms with van der Waals surface area (Å²) < 4.78 is 1.32. The summed E-state index contributed by atoms with van der Waals surface area (Å²) in [5, 5.41) is 7.17. The average Bonchev–Trinajstić information content (AvgIpc) is 2.79. The molecule has 0 atom stereocenters. The van der Waals surface area contributed by atoms with Gasteiger partial charge in [-0.3, -0.25) is 0 Å². The van der Waals surface area contributed by atoms with Crippen molar-refractivity contribution in [3.63, 3.8) is 0 Å². The molecule has 4 aliphatic rings. The van der Waals surface area contributed by atoms with E-state index in [0.717, 1.165) is 11.8 Å². The lowest BCUT2D eigenvalue weighted by Crippen LogP contribution is -2.56. The van der Waals surface area contributed by atoms with Crippen molar-refractivity contribution < 1.29 is 4.79 Å². The summed E-state index contributed by atoms with van der Waals surface area (Å²) in [6.45, 7) is 0. The van der Waals surface area contributed by atoms with E-state index in [1.54, 1.807) is 12.3 Å². The highest BCUT2D eigenvalue weighted by molar-refractivity contribution is 5.76. The topological polar surface area (TPSA) is 72.9 Å². The third-order valence-electron chi connectivity index (χ3n) is 5.33. The Hall–Kier alpha value is -1.52. The summed E-state index contributed by atoms with van der Waals surface area (Å²) in [6, 6.07) is 1.87. The van der Waals surface area contributed by atoms with Gasteiger partial charge in [0.1, 0.15) is 5.82 Å². The van der Waals surface area contributed by atoms with Crippen molar-refractivity contribution in [1.29, 1.82) is 0 Å². The second-order valence-corrected chi connectivity index (χ2v) is 6.59. The van der Waals surface area contributed by atoms with E-state index >= 15 is 0 Å². The number of carbonyl (C=O) groups excluding carboxylic acids is 1. The zero-order valence-corrected chi connectivity index (χ0v) is 11.0. The van der Waals surface area contributed by atoms with Crippen LogP contribution in [0.2, 0.25) is 0 Å². The van der Waals surface area contributed by atoms with E-state index in [4.69, 9.17) is 5.73 Å². The van der Waals surface area contributed by atoms with Crippen LogP contribution in [-0.2, 0) is 0 Å². The highest BCUT2D eigenvalue weighted by atomic mass is 16.2. The normalized spacial score (nSPS) is 39.5. The highest BCUT2D eigenvalue weighted by Crippen LogP contribution is 2.53. The molecular formula is C14H20N4O. The number of hydrogen-bond acceptors (Lipinski definition) is 3. The number of hydrogen-bond donors (Lipinski definition) is 2. The molecule has 0 spiro atoms. The van der Waals surface area contributed by atoms with Crippen LogP contribution in [0.4, 0.5) is 10.6 Å². The van der Waals surface area contributed by atoms with E-state index in [9.17, 15) is 4.79 Å². The molecule has 0 unspecified atom stereocenters. The van der Waals surface area contributed by atoms with Gasteiger partial charge in [0.15, 0.2) is 0 Å². The number of nitrogen functional groups attached to an aromatic ring is 1. The van der Waals surface area contributed by atoms with Crippen LogP contribution in [0.1, 0.15) is 32.1 Å². The minimum Gasteiger partial charge on any atom is -0.382 e. The molecular weight excluding hydrogens is 240 g/mol. The highest BCUT2D eigenvalue weighted by Gasteiger charge is 2.48. The molecule has 4 bridgehead atoms. The molecule has 19 heavy (non-hydrogen) atoms. The molecule has 5 nitrogen and oxygen atoms in total. The van der Waals surface area contributed by atoms with E-state index in [1.807, 2.05) is 0 Å². The Labute approximate surface area is 112 Å². The molecule has 1 aromatic rings. The summed E-state index contributed by atoms with van der Waals surface area (Å²) >= 11 is 0. The van der Waals surface area contributed by atoms with Crippen LogP contribution in [0.5, 0.6) is 0 Å². The van der Waals surface area contributed by atoms with E-state index in [0.29, 0.717) is 23.7 Å². The molecule has 0 aromatic carbocycles. The monoisotopic (exact) mass is 260 g/mol. The second-order valence-electron chi connectivity index (χ2n) is 6.59. The maximum Gasteiger partial charge on any atom is 0.342 e. The van der Waals surface area contributed by atoms with Gasteiger partial charge in [0.25, 0.3) is 0 Å². The maximum atomic E-state index is 12.2. The van der Waals surface area contributed by atoms with Gasteiger partial charge in [-0.1, -0.05) is 0 Å². The Kier molecular flexibility index (Phi) is 2.37. The van der Waals surface area contributed by atoms with Crippen LogP contribution < -0.4 is 11.1 Å². The zero-order valence-electron chi connectivity index (χ0n) is 11.0. The van der Waals surface area contributed by atoms with Crippen LogP contribution in [-0.4, -0.2) is 21.9 Å². The molecule has 4 aliphatic carbocycles. The lowest BCUT2D eigenvalue weighted by Gasteiger charge is -2.54. The number of nitrogens with zero attached hydrogens (tertiary/aromatic N) is 2. The molecule has 3 N–H and O–H groups in total. The van der Waals surface area contributed by atoms with Crippen molar-refractivity contribution >= 4 is 11.8 Å². The average molecular weight is 260 g/mol. The number of nitrogens with two attached hydrogens (primary N) is 1. The third kappa shape index (κ3) is 1.83. The van der Waals surface area contributed by atoms with Crippen molar-refractivity contribution in [3.05, 3.63) is 12.3 Å². The minimum atomic E-state index is -0.130. The van der Waals surface area contributed by atoms with Crippen LogP contribution >= 0.6 is 0 Å². The van der Waals surface area contributed by atoms with Gasteiger partial charge in [-0.2, -0.15) is 4.68 Å². The number of nitrogens with one attached hydrogen (secondary N) is 1. The quantitative estimate of drug-likeness (QED) is 0.809. The molecule has 0 radical (unpaired) electrons. The first kappa shape index (κ1) is 11.3.